The number of amides is 2. The lowest BCUT2D eigenvalue weighted by Gasteiger charge is -2.09. The third-order valence-electron chi connectivity index (χ3n) is 2.38. The van der Waals surface area contributed by atoms with Crippen LogP contribution in [0.25, 0.3) is 0 Å². The molecule has 0 fully saturated rings. The molecule has 0 saturated carbocycles. The first-order valence-electron chi connectivity index (χ1n) is 7.92. The molecule has 0 aromatic rings. The first kappa shape index (κ1) is 22.9. The molecule has 0 aliphatic heterocycles. The van der Waals surface area contributed by atoms with E-state index in [-0.39, 0.29) is 52.7 Å². The molecule has 0 aromatic heterocycles. The number of esters is 1. The van der Waals surface area contributed by atoms with E-state index >= 15 is 0 Å². The molecule has 4 N–H and O–H groups in total. The fourth-order valence-electron chi connectivity index (χ4n) is 1.36. The predicted octanol–water partition coefficient (Wildman–Crippen LogP) is -1.01. The van der Waals surface area contributed by atoms with E-state index in [0.29, 0.717) is 13.2 Å². The minimum Gasteiger partial charge on any atom is -0.465 e. The van der Waals surface area contributed by atoms with Gasteiger partial charge in [-0.15, -0.1) is 0 Å². The number of carbonyl (C=O) groups excluding carboxylic acids is 3. The van der Waals surface area contributed by atoms with Crippen molar-refractivity contribution in [2.75, 3.05) is 65.9 Å². The number of nitrogens with one attached hydrogen (secondary N) is 2. The van der Waals surface area contributed by atoms with Crippen molar-refractivity contribution in [3.05, 3.63) is 0 Å². The fourth-order valence-corrected chi connectivity index (χ4v) is 1.36. The van der Waals surface area contributed by atoms with Gasteiger partial charge in [0.2, 0.25) is 0 Å². The van der Waals surface area contributed by atoms with E-state index in [0.717, 1.165) is 0 Å². The summed E-state index contributed by atoms with van der Waals surface area (Å²) in [4.78, 5) is 33.4. The van der Waals surface area contributed by atoms with Gasteiger partial charge >= 0.3 is 18.2 Å². The van der Waals surface area contributed by atoms with Gasteiger partial charge in [-0.2, -0.15) is 0 Å². The second kappa shape index (κ2) is 16.7. The van der Waals surface area contributed by atoms with Gasteiger partial charge in [0, 0.05) is 13.1 Å². The molecule has 0 aliphatic carbocycles. The summed E-state index contributed by atoms with van der Waals surface area (Å²) in [6.45, 7) is 3.56. The molecule has 11 nitrogen and oxygen atoms in total. The summed E-state index contributed by atoms with van der Waals surface area (Å²) < 4.78 is 24.4. The van der Waals surface area contributed by atoms with Crippen molar-refractivity contribution < 1.29 is 38.1 Å². The van der Waals surface area contributed by atoms with Crippen LogP contribution >= 0.6 is 0 Å². The Hall–Kier alpha value is -2.11. The summed E-state index contributed by atoms with van der Waals surface area (Å²) >= 11 is 0. The van der Waals surface area contributed by atoms with Crippen LogP contribution in [0, 0.1) is 0 Å². The predicted molar refractivity (Wildman–Crippen MR) is 86.0 cm³/mol. The smallest absolute Gasteiger partial charge is 0.407 e. The van der Waals surface area contributed by atoms with Gasteiger partial charge in [0.1, 0.15) is 19.8 Å². The normalized spacial score (nSPS) is 10.0. The monoisotopic (exact) mass is 365 g/mol. The molecule has 0 radical (unpaired) electrons. The SMILES string of the molecule is CCOC(=O)CNC(=O)OCCOCCNC(=O)OCCOCCN. The fraction of sp³-hybridized carbons (Fsp3) is 0.786. The van der Waals surface area contributed by atoms with Gasteiger partial charge in [-0.3, -0.25) is 4.79 Å². The zero-order chi connectivity index (χ0) is 18.8. The number of hydrogen-bond donors (Lipinski definition) is 3. The summed E-state index contributed by atoms with van der Waals surface area (Å²) in [5.41, 5.74) is 5.23. The van der Waals surface area contributed by atoms with Crippen molar-refractivity contribution in [3.8, 4) is 0 Å². The highest BCUT2D eigenvalue weighted by molar-refractivity contribution is 5.77. The molecule has 0 heterocycles. The molecule has 0 aromatic carbocycles. The lowest BCUT2D eigenvalue weighted by Crippen LogP contribution is -2.32. The van der Waals surface area contributed by atoms with Crippen LogP contribution in [0.1, 0.15) is 6.92 Å². The highest BCUT2D eigenvalue weighted by atomic mass is 16.6. The van der Waals surface area contributed by atoms with Crippen LogP contribution in [0.2, 0.25) is 0 Å². The molecule has 0 spiro atoms. The molecule has 0 bridgehead atoms. The van der Waals surface area contributed by atoms with Crippen LogP contribution in [-0.4, -0.2) is 84.0 Å². The van der Waals surface area contributed by atoms with Crippen molar-refractivity contribution in [1.82, 2.24) is 10.6 Å². The zero-order valence-corrected chi connectivity index (χ0v) is 14.4. The first-order chi connectivity index (χ1) is 12.1. The van der Waals surface area contributed by atoms with E-state index in [1.807, 2.05) is 0 Å². The zero-order valence-electron chi connectivity index (χ0n) is 14.4. The first-order valence-corrected chi connectivity index (χ1v) is 7.92. The molecule has 2 amide bonds. The Kier molecular flexibility index (Phi) is 15.3. The van der Waals surface area contributed by atoms with Crippen molar-refractivity contribution >= 4 is 18.2 Å². The summed E-state index contributed by atoms with van der Waals surface area (Å²) in [5.74, 6) is -0.542. The second-order valence-corrected chi connectivity index (χ2v) is 4.37. The van der Waals surface area contributed by atoms with Crippen LogP contribution in [0.15, 0.2) is 0 Å². The summed E-state index contributed by atoms with van der Waals surface area (Å²) in [6.07, 6.45) is -1.32. The van der Waals surface area contributed by atoms with E-state index in [2.05, 4.69) is 15.4 Å². The Bertz CT molecular complexity index is 381. The Morgan fingerprint density at radius 1 is 0.800 bits per heavy atom. The van der Waals surface area contributed by atoms with E-state index in [4.69, 9.17) is 24.7 Å². The van der Waals surface area contributed by atoms with Crippen LogP contribution in [0.4, 0.5) is 9.59 Å². The molecule has 0 rings (SSSR count). The number of hydrogen-bond acceptors (Lipinski definition) is 9. The number of nitrogens with two attached hydrogens (primary N) is 1. The van der Waals surface area contributed by atoms with Crippen molar-refractivity contribution in [3.63, 3.8) is 0 Å². The highest BCUT2D eigenvalue weighted by Gasteiger charge is 2.06. The molecule has 0 atom stereocenters. The molecule has 25 heavy (non-hydrogen) atoms. The lowest BCUT2D eigenvalue weighted by molar-refractivity contribution is -0.141. The van der Waals surface area contributed by atoms with Gasteiger partial charge in [0.25, 0.3) is 0 Å². The van der Waals surface area contributed by atoms with Crippen LogP contribution < -0.4 is 16.4 Å². The van der Waals surface area contributed by atoms with E-state index in [1.54, 1.807) is 6.92 Å². The standard InChI is InChI=1S/C14H27N3O8/c1-2-23-12(18)11-17-14(20)25-10-8-22-6-4-16-13(19)24-9-7-21-5-3-15/h2-11,15H2,1H3,(H,16,19)(H,17,20). The third-order valence-corrected chi connectivity index (χ3v) is 2.38. The van der Waals surface area contributed by atoms with Gasteiger partial charge in [0.15, 0.2) is 0 Å². The largest absolute Gasteiger partial charge is 0.465 e. The van der Waals surface area contributed by atoms with Crippen LogP contribution in [-0.2, 0) is 28.5 Å². The van der Waals surface area contributed by atoms with Gasteiger partial charge < -0.3 is 40.1 Å². The van der Waals surface area contributed by atoms with Gasteiger partial charge in [0.05, 0.1) is 33.0 Å². The van der Waals surface area contributed by atoms with Gasteiger partial charge in [-0.25, -0.2) is 9.59 Å². The summed E-state index contributed by atoms with van der Waals surface area (Å²) in [7, 11) is 0. The van der Waals surface area contributed by atoms with Crippen LogP contribution in [0.3, 0.4) is 0 Å². The van der Waals surface area contributed by atoms with Crippen LogP contribution in [0.5, 0.6) is 0 Å². The molecule has 0 saturated heterocycles. The third kappa shape index (κ3) is 16.5. The Morgan fingerprint density at radius 3 is 2.00 bits per heavy atom. The van der Waals surface area contributed by atoms with Crippen molar-refractivity contribution in [2.24, 2.45) is 5.73 Å². The number of alkyl carbamates (subject to hydrolysis) is 2. The molecule has 146 valence electrons. The Labute approximate surface area is 146 Å². The molecular formula is C14H27N3O8. The number of rotatable bonds is 14. The maximum Gasteiger partial charge on any atom is 0.407 e. The minimum atomic E-state index is -0.741. The maximum absolute atomic E-state index is 11.2. The second-order valence-electron chi connectivity index (χ2n) is 4.37. The van der Waals surface area contributed by atoms with Crippen molar-refractivity contribution in [2.45, 2.75) is 6.92 Å². The minimum absolute atomic E-state index is 0.0115. The number of ether oxygens (including phenoxy) is 5. The summed E-state index contributed by atoms with van der Waals surface area (Å²) in [5, 5.41) is 4.71. The maximum atomic E-state index is 11.2. The average molecular weight is 365 g/mol. The Morgan fingerprint density at radius 2 is 1.40 bits per heavy atom. The van der Waals surface area contributed by atoms with Gasteiger partial charge in [-0.1, -0.05) is 0 Å². The lowest BCUT2D eigenvalue weighted by atomic mass is 10.6. The van der Waals surface area contributed by atoms with E-state index in [1.165, 1.54) is 0 Å². The quantitative estimate of drug-likeness (QED) is 0.200. The Balaban J connectivity index is 3.36. The average Bonchev–Trinajstić information content (AvgIpc) is 2.59. The topological polar surface area (TPSA) is 147 Å². The number of carbonyl (C=O) groups is 3. The van der Waals surface area contributed by atoms with Gasteiger partial charge in [-0.05, 0) is 6.92 Å². The summed E-state index contributed by atoms with van der Waals surface area (Å²) in [6, 6.07) is 0. The van der Waals surface area contributed by atoms with E-state index < -0.39 is 18.2 Å². The molecular weight excluding hydrogens is 338 g/mol. The highest BCUT2D eigenvalue weighted by Crippen LogP contribution is 1.83. The van der Waals surface area contributed by atoms with E-state index in [9.17, 15) is 14.4 Å². The van der Waals surface area contributed by atoms with Crippen molar-refractivity contribution in [1.29, 1.82) is 0 Å². The molecule has 11 heteroatoms. The molecule has 0 aliphatic rings. The molecule has 0 unspecified atom stereocenters.